The quantitative estimate of drug-likeness (QED) is 0.774. The minimum absolute atomic E-state index is 0.380. The maximum absolute atomic E-state index is 12.4. The van der Waals surface area contributed by atoms with Crippen molar-refractivity contribution in [2.75, 3.05) is 41.9 Å². The predicted molar refractivity (Wildman–Crippen MR) is 118 cm³/mol. The van der Waals surface area contributed by atoms with Crippen molar-refractivity contribution in [3.05, 3.63) is 42.0 Å². The van der Waals surface area contributed by atoms with Gasteiger partial charge in [0, 0.05) is 66.5 Å². The van der Waals surface area contributed by atoms with E-state index >= 15 is 0 Å². The topological polar surface area (TPSA) is 85.4 Å². The van der Waals surface area contributed by atoms with E-state index in [0.717, 1.165) is 28.6 Å². The van der Waals surface area contributed by atoms with Gasteiger partial charge in [0.1, 0.15) is 5.82 Å². The smallest absolute Gasteiger partial charge is 0.216 e. The highest BCUT2D eigenvalue weighted by Gasteiger charge is 2.29. The molecule has 0 amide bonds. The Hall–Kier alpha value is -2.04. The first kappa shape index (κ1) is 20.2. The Balaban J connectivity index is 1.47. The van der Waals surface area contributed by atoms with Crippen molar-refractivity contribution in [2.24, 2.45) is 0 Å². The van der Waals surface area contributed by atoms with Gasteiger partial charge in [0.05, 0.1) is 17.3 Å². The molecule has 4 heterocycles. The molecule has 4 rings (SSSR count). The highest BCUT2D eigenvalue weighted by molar-refractivity contribution is 8.08. The summed E-state index contributed by atoms with van der Waals surface area (Å²) in [4.78, 5) is 10.1. The zero-order valence-electron chi connectivity index (χ0n) is 16.9. The van der Waals surface area contributed by atoms with E-state index in [-0.39, 0.29) is 5.25 Å². The molecule has 0 bridgehead atoms. The van der Waals surface area contributed by atoms with Gasteiger partial charge in [0.15, 0.2) is 0 Å². The second-order valence-electron chi connectivity index (χ2n) is 7.50. The first-order chi connectivity index (χ1) is 13.9. The van der Waals surface area contributed by atoms with E-state index < -0.39 is 10.0 Å². The number of nitrogens with zero attached hydrogens (tertiary/aromatic N) is 5. The predicted octanol–water partition coefficient (Wildman–Crippen LogP) is 2.48. The number of aromatic amines is 1. The average Bonchev–Trinajstić information content (AvgIpc) is 3.37. The molecule has 0 spiro atoms. The lowest BCUT2D eigenvalue weighted by Gasteiger charge is -2.36. The monoisotopic (exact) mass is 434 g/mol. The van der Waals surface area contributed by atoms with Crippen LogP contribution in [0, 0.1) is 6.92 Å². The van der Waals surface area contributed by atoms with Crippen molar-refractivity contribution < 1.29 is 8.42 Å². The third-order valence-electron chi connectivity index (χ3n) is 5.31. The van der Waals surface area contributed by atoms with Crippen molar-refractivity contribution in [3.63, 3.8) is 0 Å². The highest BCUT2D eigenvalue weighted by Crippen LogP contribution is 2.37. The van der Waals surface area contributed by atoms with E-state index in [9.17, 15) is 8.42 Å². The van der Waals surface area contributed by atoms with Gasteiger partial charge in [-0.05, 0) is 26.8 Å². The van der Waals surface area contributed by atoms with Crippen LogP contribution < -0.4 is 9.80 Å². The molecule has 0 radical (unpaired) electrons. The summed E-state index contributed by atoms with van der Waals surface area (Å²) in [5, 5.41) is 6.71. The van der Waals surface area contributed by atoms with E-state index in [1.54, 1.807) is 29.9 Å². The minimum atomic E-state index is -3.19. The normalized spacial score (nSPS) is 18.6. The van der Waals surface area contributed by atoms with Gasteiger partial charge in [-0.1, -0.05) is 0 Å². The molecule has 2 aliphatic rings. The Morgan fingerprint density at radius 2 is 1.97 bits per heavy atom. The van der Waals surface area contributed by atoms with Gasteiger partial charge in [0.2, 0.25) is 10.0 Å². The van der Waals surface area contributed by atoms with Gasteiger partial charge >= 0.3 is 0 Å². The van der Waals surface area contributed by atoms with Crippen molar-refractivity contribution in [3.8, 4) is 0 Å². The number of rotatable bonds is 5. The number of hydrogen-bond donors (Lipinski definition) is 1. The van der Waals surface area contributed by atoms with Crippen LogP contribution in [0.15, 0.2) is 30.7 Å². The van der Waals surface area contributed by atoms with Gasteiger partial charge in [-0.15, -0.1) is 11.8 Å². The lowest BCUT2D eigenvalue weighted by atomic mass is 10.2. The van der Waals surface area contributed by atoms with Crippen LogP contribution in [0.4, 0.5) is 11.5 Å². The summed E-state index contributed by atoms with van der Waals surface area (Å²) in [5.74, 6) is 1.69. The summed E-state index contributed by atoms with van der Waals surface area (Å²) in [6.07, 6.45) is 5.79. The second kappa shape index (κ2) is 8.00. The number of pyridine rings is 1. The summed E-state index contributed by atoms with van der Waals surface area (Å²) >= 11 is 1.76. The molecule has 0 atom stereocenters. The number of sulfonamides is 1. The zero-order valence-corrected chi connectivity index (χ0v) is 18.5. The van der Waals surface area contributed by atoms with Crippen LogP contribution in [0.2, 0.25) is 0 Å². The van der Waals surface area contributed by atoms with Crippen LogP contribution in [0.5, 0.6) is 0 Å². The number of hydrogen-bond acceptors (Lipinski definition) is 7. The molecular formula is C19H26N6O2S2. The molecule has 1 saturated heterocycles. The molecule has 1 N–H and O–H groups in total. The van der Waals surface area contributed by atoms with E-state index in [2.05, 4.69) is 37.2 Å². The molecule has 0 unspecified atom stereocenters. The van der Waals surface area contributed by atoms with Crippen molar-refractivity contribution in [1.82, 2.24) is 19.5 Å². The second-order valence-corrected chi connectivity index (χ2v) is 11.0. The van der Waals surface area contributed by atoms with Crippen LogP contribution in [0.3, 0.4) is 0 Å². The maximum atomic E-state index is 12.4. The third kappa shape index (κ3) is 4.01. The molecule has 0 aromatic carbocycles. The molecule has 1 fully saturated rings. The van der Waals surface area contributed by atoms with Crippen molar-refractivity contribution >= 4 is 38.2 Å². The number of H-pyrrole nitrogens is 1. The molecule has 2 aromatic rings. The van der Waals surface area contributed by atoms with Gasteiger partial charge in [-0.2, -0.15) is 9.40 Å². The summed E-state index contributed by atoms with van der Waals surface area (Å²) in [7, 11) is -3.19. The molecular weight excluding hydrogens is 408 g/mol. The van der Waals surface area contributed by atoms with Crippen molar-refractivity contribution in [1.29, 1.82) is 0 Å². The Labute approximate surface area is 176 Å². The molecule has 0 aliphatic carbocycles. The zero-order chi connectivity index (χ0) is 20.6. The highest BCUT2D eigenvalue weighted by atomic mass is 32.2. The summed E-state index contributed by atoms with van der Waals surface area (Å²) in [6.45, 7) is 7.88. The number of piperazine rings is 1. The standard InChI is InChI=1S/C19H26N6O2S2/c1-14(2)29(26,27)25-8-6-23(7-9-25)16-4-5-20-19(10-16)24-12-18(28-13-24)17-11-21-22-15(17)3/h4-5,10-12,14H,6-9,13H2,1-3H3,(H,21,22). The molecule has 8 nitrogen and oxygen atoms in total. The number of nitrogens with one attached hydrogen (secondary N) is 1. The van der Waals surface area contributed by atoms with E-state index in [4.69, 9.17) is 0 Å². The fourth-order valence-electron chi connectivity index (χ4n) is 3.49. The minimum Gasteiger partial charge on any atom is -0.369 e. The Kier molecular flexibility index (Phi) is 5.58. The fourth-order valence-corrected chi connectivity index (χ4v) is 5.81. The average molecular weight is 435 g/mol. The van der Waals surface area contributed by atoms with E-state index in [0.29, 0.717) is 26.2 Å². The Morgan fingerprint density at radius 3 is 2.62 bits per heavy atom. The number of anilines is 2. The summed E-state index contributed by atoms with van der Waals surface area (Å²) in [5.41, 5.74) is 3.25. The van der Waals surface area contributed by atoms with Gasteiger partial charge in [0.25, 0.3) is 0 Å². The number of thioether (sulfide) groups is 1. The van der Waals surface area contributed by atoms with E-state index in [1.165, 1.54) is 4.91 Å². The molecule has 2 aliphatic heterocycles. The fraction of sp³-hybridized carbons (Fsp3) is 0.474. The lowest BCUT2D eigenvalue weighted by molar-refractivity contribution is 0.381. The number of aryl methyl sites for hydroxylation is 1. The first-order valence-corrected chi connectivity index (χ1v) is 12.2. The number of aromatic nitrogens is 3. The van der Waals surface area contributed by atoms with Gasteiger partial charge in [-0.3, -0.25) is 5.10 Å². The van der Waals surface area contributed by atoms with E-state index in [1.807, 2.05) is 25.4 Å². The largest absolute Gasteiger partial charge is 0.369 e. The first-order valence-electron chi connectivity index (χ1n) is 9.68. The van der Waals surface area contributed by atoms with Gasteiger partial charge in [-0.25, -0.2) is 13.4 Å². The molecule has 0 saturated carbocycles. The maximum Gasteiger partial charge on any atom is 0.216 e. The molecule has 2 aromatic heterocycles. The summed E-state index contributed by atoms with van der Waals surface area (Å²) in [6, 6.07) is 4.07. The van der Waals surface area contributed by atoms with Crippen molar-refractivity contribution in [2.45, 2.75) is 26.0 Å². The van der Waals surface area contributed by atoms with Crippen LogP contribution in [-0.4, -0.2) is 65.2 Å². The Bertz CT molecular complexity index is 1010. The summed E-state index contributed by atoms with van der Waals surface area (Å²) < 4.78 is 26.4. The van der Waals surface area contributed by atoms with Crippen LogP contribution in [-0.2, 0) is 10.0 Å². The van der Waals surface area contributed by atoms with Crippen LogP contribution in [0.1, 0.15) is 25.1 Å². The SMILES string of the molecule is Cc1[nH]ncc1C1=CN(c2cc(N3CCN(S(=O)(=O)C(C)C)CC3)ccn2)CS1. The van der Waals surface area contributed by atoms with Crippen LogP contribution in [0.25, 0.3) is 4.91 Å². The third-order valence-corrected chi connectivity index (χ3v) is 8.63. The lowest BCUT2D eigenvalue weighted by Crippen LogP contribution is -2.50. The van der Waals surface area contributed by atoms with Gasteiger partial charge < -0.3 is 9.80 Å². The molecule has 10 heteroatoms. The Morgan fingerprint density at radius 1 is 1.21 bits per heavy atom. The molecule has 29 heavy (non-hydrogen) atoms. The van der Waals surface area contributed by atoms with Crippen LogP contribution >= 0.6 is 11.8 Å². The molecule has 156 valence electrons.